The zero-order valence-corrected chi connectivity index (χ0v) is 9.99. The fourth-order valence-corrected chi connectivity index (χ4v) is 2.52. The fourth-order valence-electron chi connectivity index (χ4n) is 0.567. The number of carbonyl (C=O) groups is 1. The summed E-state index contributed by atoms with van der Waals surface area (Å²) in [5.74, 6) is 0.332. The van der Waals surface area contributed by atoms with Gasteiger partial charge < -0.3 is 4.74 Å². The summed E-state index contributed by atoms with van der Waals surface area (Å²) >= 11 is 6.00. The third-order valence-electron chi connectivity index (χ3n) is 1.15. The Kier molecular flexibility index (Phi) is 4.68. The lowest BCUT2D eigenvalue weighted by Crippen LogP contribution is -2.17. The van der Waals surface area contributed by atoms with Crippen molar-refractivity contribution in [2.75, 3.05) is 12.9 Å². The van der Waals surface area contributed by atoms with Crippen molar-refractivity contribution in [1.82, 2.24) is 9.36 Å². The summed E-state index contributed by atoms with van der Waals surface area (Å²) in [6, 6.07) is 0. The Bertz CT molecular complexity index is 268. The predicted molar refractivity (Wildman–Crippen MR) is 55.4 cm³/mol. The average Bonchev–Trinajstić information content (AvgIpc) is 2.65. The summed E-state index contributed by atoms with van der Waals surface area (Å²) in [7, 11) is 1.37. The van der Waals surface area contributed by atoms with E-state index >= 15 is 0 Å². The number of alkyl halides is 1. The first-order valence-electron chi connectivity index (χ1n) is 3.35. The van der Waals surface area contributed by atoms with Crippen LogP contribution >= 0.6 is 39.2 Å². The highest BCUT2D eigenvalue weighted by Gasteiger charge is 2.15. The maximum absolute atomic E-state index is 11.0. The van der Waals surface area contributed by atoms with Crippen molar-refractivity contribution in [3.05, 3.63) is 6.33 Å². The van der Waals surface area contributed by atoms with Gasteiger partial charge in [-0.2, -0.15) is 4.37 Å². The van der Waals surface area contributed by atoms with Gasteiger partial charge in [-0.1, -0.05) is 27.7 Å². The van der Waals surface area contributed by atoms with E-state index in [9.17, 15) is 4.79 Å². The monoisotopic (exact) mass is 282 g/mol. The molecule has 72 valence electrons. The molecule has 0 saturated heterocycles. The highest BCUT2D eigenvalue weighted by Crippen LogP contribution is 2.21. The molecule has 1 rings (SSSR count). The van der Waals surface area contributed by atoms with Crippen LogP contribution in [-0.4, -0.2) is 33.0 Å². The minimum atomic E-state index is -0.286. The molecule has 0 aliphatic carbocycles. The molecule has 0 amide bonds. The fraction of sp³-hybridized carbons (Fsp3) is 0.500. The second-order valence-electron chi connectivity index (χ2n) is 2.01. The van der Waals surface area contributed by atoms with Crippen LogP contribution in [0.25, 0.3) is 0 Å². The van der Waals surface area contributed by atoms with Crippen LogP contribution in [0.1, 0.15) is 0 Å². The first-order valence-corrected chi connectivity index (χ1v) is 6.03. The summed E-state index contributed by atoms with van der Waals surface area (Å²) in [6.07, 6.45) is 1.49. The summed E-state index contributed by atoms with van der Waals surface area (Å²) in [5, 5.41) is 0. The molecule has 0 spiro atoms. The molecule has 13 heavy (non-hydrogen) atoms. The Hall–Kier alpha value is -0.140. The van der Waals surface area contributed by atoms with E-state index in [4.69, 9.17) is 0 Å². The number of aromatic nitrogens is 2. The summed E-state index contributed by atoms with van der Waals surface area (Å²) in [4.78, 5) is 14.6. The second-order valence-corrected chi connectivity index (χ2v) is 5.16. The molecule has 4 nitrogen and oxygen atoms in total. The Labute approximate surface area is 92.4 Å². The Morgan fingerprint density at radius 3 is 3.23 bits per heavy atom. The van der Waals surface area contributed by atoms with Gasteiger partial charge in [-0.15, -0.1) is 0 Å². The zero-order chi connectivity index (χ0) is 9.68. The topological polar surface area (TPSA) is 52.1 Å². The molecule has 0 fully saturated rings. The van der Waals surface area contributed by atoms with Gasteiger partial charge in [0, 0.05) is 5.75 Å². The van der Waals surface area contributed by atoms with Gasteiger partial charge in [0.2, 0.25) is 0 Å². The van der Waals surface area contributed by atoms with Crippen LogP contribution in [0.5, 0.6) is 0 Å². The Balaban J connectivity index is 2.30. The molecule has 1 atom stereocenters. The number of methoxy groups -OCH3 is 1. The van der Waals surface area contributed by atoms with Crippen LogP contribution in [-0.2, 0) is 9.53 Å². The highest BCUT2D eigenvalue weighted by atomic mass is 79.9. The number of halogens is 1. The molecule has 0 radical (unpaired) electrons. The minimum absolute atomic E-state index is 0.267. The van der Waals surface area contributed by atoms with Gasteiger partial charge in [0.05, 0.1) is 7.11 Å². The van der Waals surface area contributed by atoms with Crippen molar-refractivity contribution in [2.24, 2.45) is 0 Å². The van der Waals surface area contributed by atoms with E-state index in [1.807, 2.05) is 0 Å². The Morgan fingerprint density at radius 1 is 1.92 bits per heavy atom. The Morgan fingerprint density at radius 2 is 2.69 bits per heavy atom. The zero-order valence-electron chi connectivity index (χ0n) is 6.77. The van der Waals surface area contributed by atoms with Crippen LogP contribution in [0.15, 0.2) is 10.7 Å². The predicted octanol–water partition coefficient (Wildman–Crippen LogP) is 1.57. The van der Waals surface area contributed by atoms with Crippen molar-refractivity contribution in [3.63, 3.8) is 0 Å². The van der Waals surface area contributed by atoms with E-state index in [2.05, 4.69) is 30.0 Å². The molecule has 1 heterocycles. The number of esters is 1. The van der Waals surface area contributed by atoms with Crippen molar-refractivity contribution in [2.45, 2.75) is 9.17 Å². The van der Waals surface area contributed by atoms with Crippen molar-refractivity contribution >= 4 is 45.2 Å². The third kappa shape index (κ3) is 3.61. The summed E-state index contributed by atoms with van der Waals surface area (Å²) < 4.78 is 9.25. The van der Waals surface area contributed by atoms with Crippen molar-refractivity contribution in [3.8, 4) is 0 Å². The molecular weight excluding hydrogens is 276 g/mol. The number of nitrogens with zero attached hydrogens (tertiary/aromatic N) is 2. The quantitative estimate of drug-likeness (QED) is 0.477. The van der Waals surface area contributed by atoms with Crippen LogP contribution in [0.4, 0.5) is 0 Å². The molecule has 0 bridgehead atoms. The molecular formula is C6H7BrN2O2S2. The van der Waals surface area contributed by atoms with Crippen molar-refractivity contribution < 1.29 is 9.53 Å². The standard InChI is InChI=1S/C6H7BrN2O2S2/c1-11-5(10)4(7)2-12-6-8-3-9-13-6/h3-4H,2H2,1H3. The normalized spacial score (nSPS) is 12.5. The minimum Gasteiger partial charge on any atom is -0.468 e. The van der Waals surface area contributed by atoms with Gasteiger partial charge in [0.25, 0.3) is 0 Å². The molecule has 7 heteroatoms. The van der Waals surface area contributed by atoms with Crippen LogP contribution < -0.4 is 0 Å². The number of rotatable bonds is 4. The van der Waals surface area contributed by atoms with Gasteiger partial charge in [-0.3, -0.25) is 4.79 Å². The average molecular weight is 283 g/mol. The molecule has 1 unspecified atom stereocenters. The molecule has 1 aromatic rings. The van der Waals surface area contributed by atoms with E-state index < -0.39 is 0 Å². The lowest BCUT2D eigenvalue weighted by molar-refractivity contribution is -0.139. The lowest BCUT2D eigenvalue weighted by atomic mass is 10.5. The molecule has 0 aliphatic heterocycles. The second kappa shape index (κ2) is 5.56. The van der Waals surface area contributed by atoms with Gasteiger partial charge >= 0.3 is 5.97 Å². The first-order chi connectivity index (χ1) is 6.24. The van der Waals surface area contributed by atoms with E-state index in [0.29, 0.717) is 5.75 Å². The number of ether oxygens (including phenoxy) is 1. The largest absolute Gasteiger partial charge is 0.468 e. The number of hydrogen-bond donors (Lipinski definition) is 0. The maximum Gasteiger partial charge on any atom is 0.320 e. The maximum atomic E-state index is 11.0. The molecule has 0 N–H and O–H groups in total. The van der Waals surface area contributed by atoms with E-state index in [0.717, 1.165) is 4.34 Å². The number of carbonyl (C=O) groups excluding carboxylic acids is 1. The van der Waals surface area contributed by atoms with Gasteiger partial charge in [0.15, 0.2) is 4.34 Å². The molecule has 0 aromatic carbocycles. The van der Waals surface area contributed by atoms with Crippen LogP contribution in [0, 0.1) is 0 Å². The number of hydrogen-bond acceptors (Lipinski definition) is 6. The SMILES string of the molecule is COC(=O)C(Br)CSc1ncns1. The van der Waals surface area contributed by atoms with Gasteiger partial charge in [-0.25, -0.2) is 4.98 Å². The highest BCUT2D eigenvalue weighted by molar-refractivity contribution is 9.10. The van der Waals surface area contributed by atoms with Gasteiger partial charge in [0.1, 0.15) is 11.2 Å². The van der Waals surface area contributed by atoms with Crippen molar-refractivity contribution in [1.29, 1.82) is 0 Å². The first kappa shape index (κ1) is 10.9. The molecule has 0 aliphatic rings. The third-order valence-corrected chi connectivity index (χ3v) is 4.17. The van der Waals surface area contributed by atoms with E-state index in [1.165, 1.54) is 36.7 Å². The van der Waals surface area contributed by atoms with E-state index in [-0.39, 0.29) is 10.8 Å². The molecule has 0 saturated carbocycles. The van der Waals surface area contributed by atoms with Gasteiger partial charge in [-0.05, 0) is 11.5 Å². The summed E-state index contributed by atoms with van der Waals surface area (Å²) in [5.41, 5.74) is 0. The molecule has 1 aromatic heterocycles. The summed E-state index contributed by atoms with van der Waals surface area (Å²) in [6.45, 7) is 0. The van der Waals surface area contributed by atoms with E-state index in [1.54, 1.807) is 0 Å². The smallest absolute Gasteiger partial charge is 0.320 e. The lowest BCUT2D eigenvalue weighted by Gasteiger charge is -2.04. The van der Waals surface area contributed by atoms with Crippen LogP contribution in [0.2, 0.25) is 0 Å². The number of thioether (sulfide) groups is 1. The van der Waals surface area contributed by atoms with Crippen LogP contribution in [0.3, 0.4) is 0 Å².